The maximum absolute atomic E-state index is 12.4. The van der Waals surface area contributed by atoms with Gasteiger partial charge in [0, 0.05) is 12.5 Å². The molecule has 1 saturated heterocycles. The summed E-state index contributed by atoms with van der Waals surface area (Å²) in [7, 11) is 0. The molecule has 1 aromatic carbocycles. The third kappa shape index (κ3) is 3.80. The number of carbonyl (C=O) groups is 1. The lowest BCUT2D eigenvalue weighted by atomic mass is 9.94. The smallest absolute Gasteiger partial charge is 0.329 e. The number of hydrogen-bond acceptors (Lipinski definition) is 5. The van der Waals surface area contributed by atoms with Crippen molar-refractivity contribution in [3.63, 3.8) is 0 Å². The maximum Gasteiger partial charge on any atom is 0.329 e. The summed E-state index contributed by atoms with van der Waals surface area (Å²) < 4.78 is 6.62. The molecule has 134 valence electrons. The van der Waals surface area contributed by atoms with Gasteiger partial charge in [-0.15, -0.1) is 0 Å². The zero-order chi connectivity index (χ0) is 17.8. The van der Waals surface area contributed by atoms with Gasteiger partial charge in [-0.05, 0) is 25.0 Å². The number of H-pyrrole nitrogens is 1. The van der Waals surface area contributed by atoms with E-state index >= 15 is 0 Å². The van der Waals surface area contributed by atoms with Crippen LogP contribution in [0.3, 0.4) is 0 Å². The van der Waals surface area contributed by atoms with Gasteiger partial charge in [-0.1, -0.05) is 12.1 Å². The minimum absolute atomic E-state index is 0.0479. The highest BCUT2D eigenvalue weighted by Crippen LogP contribution is 2.17. The standard InChI is InChI=1S/C17H21N3O5/c21-9-13(11-4-3-7-25-10-11)18-15(22)8-20-14-6-2-1-5-12(14)16(23)19-17(20)24/h1-2,5-6,11,13,21H,3-4,7-10H2,(H,18,22)(H,19,23,24). The zero-order valence-corrected chi connectivity index (χ0v) is 13.7. The van der Waals surface area contributed by atoms with Gasteiger partial charge in [-0.2, -0.15) is 0 Å². The second-order valence-corrected chi connectivity index (χ2v) is 6.20. The lowest BCUT2D eigenvalue weighted by Crippen LogP contribution is -2.47. The first-order valence-electron chi connectivity index (χ1n) is 8.30. The number of nitrogens with one attached hydrogen (secondary N) is 2. The number of nitrogens with zero attached hydrogens (tertiary/aromatic N) is 1. The van der Waals surface area contributed by atoms with Gasteiger partial charge in [-0.25, -0.2) is 4.79 Å². The fourth-order valence-corrected chi connectivity index (χ4v) is 3.19. The van der Waals surface area contributed by atoms with Crippen molar-refractivity contribution >= 4 is 16.8 Å². The van der Waals surface area contributed by atoms with Gasteiger partial charge in [0.15, 0.2) is 0 Å². The molecule has 0 bridgehead atoms. The number of para-hydroxylation sites is 1. The topological polar surface area (TPSA) is 113 Å². The van der Waals surface area contributed by atoms with E-state index in [1.54, 1.807) is 24.3 Å². The molecular weight excluding hydrogens is 326 g/mol. The number of fused-ring (bicyclic) bond motifs is 1. The minimum Gasteiger partial charge on any atom is -0.394 e. The van der Waals surface area contributed by atoms with E-state index in [9.17, 15) is 19.5 Å². The Kier molecular flexibility index (Phi) is 5.30. The zero-order valence-electron chi connectivity index (χ0n) is 13.7. The number of aromatic nitrogens is 2. The number of carbonyl (C=O) groups excluding carboxylic acids is 1. The Morgan fingerprint density at radius 3 is 2.92 bits per heavy atom. The van der Waals surface area contributed by atoms with Gasteiger partial charge >= 0.3 is 5.69 Å². The van der Waals surface area contributed by atoms with Crippen LogP contribution in [-0.2, 0) is 16.1 Å². The first-order chi connectivity index (χ1) is 12.1. The van der Waals surface area contributed by atoms with Crippen LogP contribution < -0.4 is 16.6 Å². The molecule has 0 aliphatic carbocycles. The summed E-state index contributed by atoms with van der Waals surface area (Å²) >= 11 is 0. The molecule has 1 aliphatic rings. The van der Waals surface area contributed by atoms with Crippen LogP contribution in [0.1, 0.15) is 12.8 Å². The Balaban J connectivity index is 1.80. The van der Waals surface area contributed by atoms with Gasteiger partial charge < -0.3 is 15.2 Å². The molecule has 3 rings (SSSR count). The lowest BCUT2D eigenvalue weighted by molar-refractivity contribution is -0.123. The SMILES string of the molecule is O=C(Cn1c(=O)[nH]c(=O)c2ccccc21)NC(CO)C1CCCOC1. The third-order valence-corrected chi connectivity index (χ3v) is 4.51. The highest BCUT2D eigenvalue weighted by molar-refractivity contribution is 5.81. The molecule has 0 saturated carbocycles. The Morgan fingerprint density at radius 2 is 2.20 bits per heavy atom. The molecule has 0 radical (unpaired) electrons. The summed E-state index contributed by atoms with van der Waals surface area (Å²) in [4.78, 5) is 38.6. The van der Waals surface area contributed by atoms with Crippen molar-refractivity contribution in [3.8, 4) is 0 Å². The maximum atomic E-state index is 12.4. The molecule has 2 atom stereocenters. The van der Waals surface area contributed by atoms with E-state index in [-0.39, 0.29) is 19.1 Å². The average Bonchev–Trinajstić information content (AvgIpc) is 2.64. The summed E-state index contributed by atoms with van der Waals surface area (Å²) in [6.45, 7) is 0.760. The number of hydrogen-bond donors (Lipinski definition) is 3. The van der Waals surface area contributed by atoms with Crippen LogP contribution >= 0.6 is 0 Å². The van der Waals surface area contributed by atoms with Crippen LogP contribution in [0.25, 0.3) is 10.9 Å². The van der Waals surface area contributed by atoms with Crippen LogP contribution in [0, 0.1) is 5.92 Å². The monoisotopic (exact) mass is 347 g/mol. The molecule has 2 aromatic rings. The van der Waals surface area contributed by atoms with E-state index in [0.717, 1.165) is 12.8 Å². The molecule has 1 amide bonds. The average molecular weight is 347 g/mol. The molecule has 1 aliphatic heterocycles. The fraction of sp³-hybridized carbons (Fsp3) is 0.471. The second kappa shape index (κ2) is 7.62. The molecule has 1 fully saturated rings. The van der Waals surface area contributed by atoms with Crippen LogP contribution in [0.2, 0.25) is 0 Å². The van der Waals surface area contributed by atoms with Gasteiger partial charge in [0.05, 0.1) is 30.2 Å². The lowest BCUT2D eigenvalue weighted by Gasteiger charge is -2.29. The molecule has 2 unspecified atom stereocenters. The van der Waals surface area contributed by atoms with Crippen molar-refractivity contribution in [2.45, 2.75) is 25.4 Å². The Bertz CT molecular complexity index is 866. The largest absolute Gasteiger partial charge is 0.394 e. The van der Waals surface area contributed by atoms with Crippen molar-refractivity contribution in [2.75, 3.05) is 19.8 Å². The van der Waals surface area contributed by atoms with Gasteiger partial charge in [-0.3, -0.25) is 19.1 Å². The van der Waals surface area contributed by atoms with Gasteiger partial charge in [0.25, 0.3) is 5.56 Å². The van der Waals surface area contributed by atoms with E-state index in [1.165, 1.54) is 4.57 Å². The highest BCUT2D eigenvalue weighted by atomic mass is 16.5. The van der Waals surface area contributed by atoms with Gasteiger partial charge in [0.2, 0.25) is 5.91 Å². The van der Waals surface area contributed by atoms with E-state index in [1.807, 2.05) is 0 Å². The molecule has 2 heterocycles. The number of aliphatic hydroxyl groups is 1. The molecule has 0 spiro atoms. The number of benzene rings is 1. The quantitative estimate of drug-likeness (QED) is 0.681. The van der Waals surface area contributed by atoms with Crippen LogP contribution in [-0.4, -0.2) is 46.4 Å². The number of amides is 1. The summed E-state index contributed by atoms with van der Waals surface area (Å²) in [6, 6.07) is 6.19. The Morgan fingerprint density at radius 1 is 1.40 bits per heavy atom. The minimum atomic E-state index is -0.639. The van der Waals surface area contributed by atoms with Crippen LogP contribution in [0.5, 0.6) is 0 Å². The first-order valence-corrected chi connectivity index (χ1v) is 8.30. The summed E-state index contributed by atoms with van der Waals surface area (Å²) in [5.41, 5.74) is -0.724. The van der Waals surface area contributed by atoms with E-state index in [4.69, 9.17) is 4.74 Å². The fourth-order valence-electron chi connectivity index (χ4n) is 3.19. The van der Waals surface area contributed by atoms with Gasteiger partial charge in [0.1, 0.15) is 6.54 Å². The molecule has 8 heteroatoms. The number of aliphatic hydroxyl groups excluding tert-OH is 1. The molecule has 8 nitrogen and oxygen atoms in total. The van der Waals surface area contributed by atoms with Crippen LogP contribution in [0.4, 0.5) is 0 Å². The van der Waals surface area contributed by atoms with Crippen molar-refractivity contribution in [3.05, 3.63) is 45.1 Å². The third-order valence-electron chi connectivity index (χ3n) is 4.51. The normalized spacial score (nSPS) is 18.8. The Labute approximate surface area is 143 Å². The number of aromatic amines is 1. The summed E-state index contributed by atoms with van der Waals surface area (Å²) in [5, 5.41) is 12.7. The van der Waals surface area contributed by atoms with E-state index < -0.39 is 23.2 Å². The number of ether oxygens (including phenoxy) is 1. The predicted octanol–water partition coefficient (Wildman–Crippen LogP) is -0.407. The van der Waals surface area contributed by atoms with Crippen molar-refractivity contribution < 1.29 is 14.6 Å². The van der Waals surface area contributed by atoms with E-state index in [2.05, 4.69) is 10.3 Å². The van der Waals surface area contributed by atoms with Crippen molar-refractivity contribution in [2.24, 2.45) is 5.92 Å². The first kappa shape index (κ1) is 17.4. The van der Waals surface area contributed by atoms with Crippen LogP contribution in [0.15, 0.2) is 33.9 Å². The molecule has 25 heavy (non-hydrogen) atoms. The van der Waals surface area contributed by atoms with Crippen molar-refractivity contribution in [1.82, 2.24) is 14.9 Å². The molecule has 3 N–H and O–H groups in total. The summed E-state index contributed by atoms with van der Waals surface area (Å²) in [5.74, 6) is -0.351. The van der Waals surface area contributed by atoms with Crippen molar-refractivity contribution in [1.29, 1.82) is 0 Å². The molecular formula is C17H21N3O5. The Hall–Kier alpha value is -2.45. The predicted molar refractivity (Wildman–Crippen MR) is 91.4 cm³/mol. The second-order valence-electron chi connectivity index (χ2n) is 6.20. The highest BCUT2D eigenvalue weighted by Gasteiger charge is 2.25. The summed E-state index contributed by atoms with van der Waals surface area (Å²) in [6.07, 6.45) is 1.76. The van der Waals surface area contributed by atoms with E-state index in [0.29, 0.717) is 24.1 Å². The number of rotatable bonds is 5. The molecule has 1 aromatic heterocycles.